The Morgan fingerprint density at radius 3 is 2.67 bits per heavy atom. The van der Waals surface area contributed by atoms with E-state index in [1.54, 1.807) is 30.3 Å². The third kappa shape index (κ3) is 3.88. The normalized spacial score (nSPS) is 10.7. The molecule has 7 nitrogen and oxygen atoms in total. The maximum Gasteiger partial charge on any atom is 0.250 e. The number of nitrogens with one attached hydrogen (secondary N) is 1. The van der Waals surface area contributed by atoms with E-state index in [0.29, 0.717) is 27.4 Å². The number of fused-ring (bicyclic) bond motifs is 1. The summed E-state index contributed by atoms with van der Waals surface area (Å²) in [7, 11) is 0. The number of carbonyl (C=O) groups is 2. The van der Waals surface area contributed by atoms with Crippen LogP contribution in [0, 0.1) is 0 Å². The van der Waals surface area contributed by atoms with E-state index in [0.717, 1.165) is 5.56 Å². The highest BCUT2D eigenvalue weighted by Gasteiger charge is 2.17. The first-order valence-electron chi connectivity index (χ1n) is 7.85. The number of nitrogens with two attached hydrogens (primary N) is 2. The molecule has 0 fully saturated rings. The van der Waals surface area contributed by atoms with E-state index in [4.69, 9.17) is 11.5 Å². The molecule has 27 heavy (non-hydrogen) atoms. The lowest BCUT2D eigenvalue weighted by molar-refractivity contribution is -0.113. The first kappa shape index (κ1) is 19.1. The van der Waals surface area contributed by atoms with Gasteiger partial charge in [0, 0.05) is 11.3 Å². The van der Waals surface area contributed by atoms with E-state index < -0.39 is 5.91 Å². The number of hydrogen-bond donors (Lipinski definition) is 3. The van der Waals surface area contributed by atoms with Crippen LogP contribution in [-0.4, -0.2) is 33.4 Å². The standard InChI is InChI=1S/C18H16BrN5O2S/c1-27-18-23-12-6-5-11(17(21)26)15(20)14(12)16(24-18)9-3-2-4-10(7-9)22-13(25)8-19/h2-7H,8,20H2,1H3,(H2,21,26)(H,22,25). The summed E-state index contributed by atoms with van der Waals surface area (Å²) in [4.78, 5) is 32.4. The monoisotopic (exact) mass is 445 g/mol. The molecule has 2 amide bonds. The van der Waals surface area contributed by atoms with Gasteiger partial charge in [0.2, 0.25) is 5.91 Å². The second-order valence-electron chi connectivity index (χ2n) is 5.61. The Bertz CT molecular complexity index is 1060. The molecule has 0 bridgehead atoms. The van der Waals surface area contributed by atoms with Crippen LogP contribution in [0.15, 0.2) is 41.6 Å². The summed E-state index contributed by atoms with van der Waals surface area (Å²) in [5.74, 6) is -0.785. The van der Waals surface area contributed by atoms with Crippen molar-refractivity contribution in [1.29, 1.82) is 0 Å². The zero-order valence-electron chi connectivity index (χ0n) is 14.3. The van der Waals surface area contributed by atoms with Crippen LogP contribution in [0.5, 0.6) is 0 Å². The fraction of sp³-hybridized carbons (Fsp3) is 0.111. The number of alkyl halides is 1. The van der Waals surface area contributed by atoms with E-state index in [-0.39, 0.29) is 22.5 Å². The molecule has 3 rings (SSSR count). The number of halogens is 1. The highest BCUT2D eigenvalue weighted by Crippen LogP contribution is 2.34. The number of rotatable bonds is 5. The van der Waals surface area contributed by atoms with Crippen molar-refractivity contribution in [2.45, 2.75) is 5.16 Å². The van der Waals surface area contributed by atoms with E-state index >= 15 is 0 Å². The molecule has 0 radical (unpaired) electrons. The highest BCUT2D eigenvalue weighted by molar-refractivity contribution is 9.09. The van der Waals surface area contributed by atoms with E-state index in [1.165, 1.54) is 11.8 Å². The number of carbonyl (C=O) groups excluding carboxylic acids is 2. The van der Waals surface area contributed by atoms with Crippen LogP contribution in [-0.2, 0) is 4.79 Å². The molecular weight excluding hydrogens is 430 g/mol. The smallest absolute Gasteiger partial charge is 0.250 e. The van der Waals surface area contributed by atoms with Gasteiger partial charge in [-0.05, 0) is 30.5 Å². The van der Waals surface area contributed by atoms with Gasteiger partial charge in [-0.25, -0.2) is 9.97 Å². The Kier molecular flexibility index (Phi) is 5.62. The van der Waals surface area contributed by atoms with Gasteiger partial charge in [-0.2, -0.15) is 0 Å². The molecule has 0 saturated heterocycles. The Hall–Kier alpha value is -2.65. The quantitative estimate of drug-likeness (QED) is 0.240. The molecule has 0 unspecified atom stereocenters. The number of hydrogen-bond acceptors (Lipinski definition) is 6. The SMILES string of the molecule is CSc1nc(-c2cccc(NC(=O)CBr)c2)c2c(N)c(C(N)=O)ccc2n1. The van der Waals surface area contributed by atoms with Crippen molar-refractivity contribution < 1.29 is 9.59 Å². The number of benzene rings is 2. The first-order valence-corrected chi connectivity index (χ1v) is 10.2. The second-order valence-corrected chi connectivity index (χ2v) is 6.94. The summed E-state index contributed by atoms with van der Waals surface area (Å²) in [6.45, 7) is 0. The molecule has 1 heterocycles. The third-order valence-electron chi connectivity index (χ3n) is 3.87. The van der Waals surface area contributed by atoms with Crippen LogP contribution in [0.1, 0.15) is 10.4 Å². The van der Waals surface area contributed by atoms with Crippen LogP contribution >= 0.6 is 27.7 Å². The molecular formula is C18H16BrN5O2S. The lowest BCUT2D eigenvalue weighted by Crippen LogP contribution is -2.14. The summed E-state index contributed by atoms with van der Waals surface area (Å²) < 4.78 is 0. The van der Waals surface area contributed by atoms with Crippen molar-refractivity contribution in [3.8, 4) is 11.3 Å². The molecule has 0 aliphatic rings. The number of aromatic nitrogens is 2. The van der Waals surface area contributed by atoms with Crippen molar-refractivity contribution in [3.63, 3.8) is 0 Å². The Morgan fingerprint density at radius 2 is 2.00 bits per heavy atom. The second kappa shape index (κ2) is 7.93. The van der Waals surface area contributed by atoms with Gasteiger partial charge >= 0.3 is 0 Å². The average Bonchev–Trinajstić information content (AvgIpc) is 2.67. The van der Waals surface area contributed by atoms with Crippen molar-refractivity contribution in [1.82, 2.24) is 9.97 Å². The number of nitrogen functional groups attached to an aromatic ring is 1. The molecule has 0 spiro atoms. The molecule has 1 aromatic heterocycles. The van der Waals surface area contributed by atoms with Gasteiger partial charge in [-0.3, -0.25) is 9.59 Å². The van der Waals surface area contributed by atoms with Crippen molar-refractivity contribution in [2.24, 2.45) is 5.73 Å². The minimum absolute atomic E-state index is 0.167. The maximum absolute atomic E-state index is 11.7. The number of amides is 2. The van der Waals surface area contributed by atoms with Gasteiger partial charge in [-0.1, -0.05) is 39.8 Å². The van der Waals surface area contributed by atoms with E-state index in [9.17, 15) is 9.59 Å². The van der Waals surface area contributed by atoms with E-state index in [1.807, 2.05) is 12.3 Å². The third-order valence-corrected chi connectivity index (χ3v) is 4.93. The van der Waals surface area contributed by atoms with Crippen molar-refractivity contribution in [2.75, 3.05) is 22.6 Å². The minimum Gasteiger partial charge on any atom is -0.397 e. The fourth-order valence-electron chi connectivity index (χ4n) is 2.68. The van der Waals surface area contributed by atoms with Crippen molar-refractivity contribution >= 4 is 61.8 Å². The van der Waals surface area contributed by atoms with E-state index in [2.05, 4.69) is 31.2 Å². The summed E-state index contributed by atoms with van der Waals surface area (Å²) >= 11 is 4.52. The lowest BCUT2D eigenvalue weighted by Gasteiger charge is -2.13. The molecule has 2 aromatic carbocycles. The predicted molar refractivity (Wildman–Crippen MR) is 112 cm³/mol. The van der Waals surface area contributed by atoms with Gasteiger partial charge in [-0.15, -0.1) is 0 Å². The Morgan fingerprint density at radius 1 is 1.22 bits per heavy atom. The number of thioether (sulfide) groups is 1. The fourth-order valence-corrected chi connectivity index (χ4v) is 3.20. The van der Waals surface area contributed by atoms with Crippen LogP contribution in [0.3, 0.4) is 0 Å². The topological polar surface area (TPSA) is 124 Å². The molecule has 0 aliphatic heterocycles. The first-order chi connectivity index (χ1) is 12.9. The van der Waals surface area contributed by atoms with Crippen LogP contribution in [0.4, 0.5) is 11.4 Å². The van der Waals surface area contributed by atoms with Crippen LogP contribution in [0.2, 0.25) is 0 Å². The van der Waals surface area contributed by atoms with Crippen LogP contribution in [0.25, 0.3) is 22.2 Å². The maximum atomic E-state index is 11.7. The highest BCUT2D eigenvalue weighted by atomic mass is 79.9. The van der Waals surface area contributed by atoms with Crippen molar-refractivity contribution in [3.05, 3.63) is 42.0 Å². The van der Waals surface area contributed by atoms with Gasteiger partial charge in [0.05, 0.1) is 33.2 Å². The number of nitrogens with zero attached hydrogens (tertiary/aromatic N) is 2. The largest absolute Gasteiger partial charge is 0.397 e. The molecule has 9 heteroatoms. The van der Waals surface area contributed by atoms with Gasteiger partial charge in [0.25, 0.3) is 5.91 Å². The molecule has 5 N–H and O–H groups in total. The number of primary amides is 1. The Labute approximate surface area is 168 Å². The molecule has 0 saturated carbocycles. The summed E-state index contributed by atoms with van der Waals surface area (Å²) in [5, 5.41) is 4.09. The van der Waals surface area contributed by atoms with Gasteiger partial charge < -0.3 is 16.8 Å². The molecule has 138 valence electrons. The average molecular weight is 446 g/mol. The van der Waals surface area contributed by atoms with Gasteiger partial charge in [0.1, 0.15) is 0 Å². The molecule has 3 aromatic rings. The summed E-state index contributed by atoms with van der Waals surface area (Å²) in [5.41, 5.74) is 14.6. The Balaban J connectivity index is 2.26. The summed E-state index contributed by atoms with van der Waals surface area (Å²) in [6.07, 6.45) is 1.87. The zero-order valence-corrected chi connectivity index (χ0v) is 16.7. The van der Waals surface area contributed by atoms with Crippen LogP contribution < -0.4 is 16.8 Å². The molecule has 0 atom stereocenters. The zero-order chi connectivity index (χ0) is 19.6. The number of anilines is 2. The van der Waals surface area contributed by atoms with Gasteiger partial charge in [0.15, 0.2) is 5.16 Å². The predicted octanol–water partition coefficient (Wildman–Crippen LogP) is 3.03. The summed E-state index contributed by atoms with van der Waals surface area (Å²) in [6, 6.07) is 10.5. The molecule has 0 aliphatic carbocycles. The lowest BCUT2D eigenvalue weighted by atomic mass is 10.0. The minimum atomic E-state index is -0.618.